The van der Waals surface area contributed by atoms with Gasteiger partial charge in [-0.15, -0.1) is 0 Å². The summed E-state index contributed by atoms with van der Waals surface area (Å²) in [4.78, 5) is 0. The standard InChI is InChI=1S/C23H31NO/c1-22(2)19-23(14-16-25-22,17-20-9-5-3-6-10-20)13-15-24-18-21-11-7-4-8-12-21/h3-12,24H,13-19H2,1-2H3/t23-/m0/s1. The smallest absolute Gasteiger partial charge is 0.0631 e. The second kappa shape index (κ2) is 8.16. The third-order valence-corrected chi connectivity index (χ3v) is 5.35. The fourth-order valence-electron chi connectivity index (χ4n) is 4.25. The Kier molecular flexibility index (Phi) is 5.93. The van der Waals surface area contributed by atoms with Crippen molar-refractivity contribution in [1.29, 1.82) is 0 Å². The van der Waals surface area contributed by atoms with Crippen LogP contribution in [0, 0.1) is 5.41 Å². The third-order valence-electron chi connectivity index (χ3n) is 5.35. The molecule has 1 atom stereocenters. The Morgan fingerprint density at radius 2 is 1.56 bits per heavy atom. The number of nitrogens with one attached hydrogen (secondary N) is 1. The summed E-state index contributed by atoms with van der Waals surface area (Å²) in [5, 5.41) is 3.65. The second-order valence-electron chi connectivity index (χ2n) is 8.11. The molecule has 0 saturated carbocycles. The Hall–Kier alpha value is -1.64. The fourth-order valence-corrected chi connectivity index (χ4v) is 4.25. The summed E-state index contributed by atoms with van der Waals surface area (Å²) in [5.41, 5.74) is 3.11. The van der Waals surface area contributed by atoms with Gasteiger partial charge in [-0.2, -0.15) is 0 Å². The van der Waals surface area contributed by atoms with E-state index in [0.717, 1.165) is 39.0 Å². The minimum absolute atomic E-state index is 0.0214. The summed E-state index contributed by atoms with van der Waals surface area (Å²) in [6.07, 6.45) is 4.62. The average Bonchev–Trinajstić information content (AvgIpc) is 2.60. The highest BCUT2D eigenvalue weighted by molar-refractivity contribution is 5.17. The maximum atomic E-state index is 6.01. The molecule has 0 aromatic heterocycles. The van der Waals surface area contributed by atoms with Gasteiger partial charge in [0.25, 0.3) is 0 Å². The van der Waals surface area contributed by atoms with Crippen LogP contribution < -0.4 is 5.32 Å². The van der Waals surface area contributed by atoms with Crippen LogP contribution in [0.4, 0.5) is 0 Å². The summed E-state index contributed by atoms with van der Waals surface area (Å²) in [7, 11) is 0. The highest BCUT2D eigenvalue weighted by Gasteiger charge is 2.40. The average molecular weight is 338 g/mol. The predicted molar refractivity (Wildman–Crippen MR) is 105 cm³/mol. The summed E-state index contributed by atoms with van der Waals surface area (Å²) in [5.74, 6) is 0. The Morgan fingerprint density at radius 3 is 2.20 bits per heavy atom. The van der Waals surface area contributed by atoms with Crippen molar-refractivity contribution >= 4 is 0 Å². The van der Waals surface area contributed by atoms with E-state index in [0.29, 0.717) is 5.41 Å². The van der Waals surface area contributed by atoms with E-state index in [1.54, 1.807) is 0 Å². The van der Waals surface area contributed by atoms with Gasteiger partial charge in [0.1, 0.15) is 0 Å². The van der Waals surface area contributed by atoms with Crippen LogP contribution in [0.5, 0.6) is 0 Å². The van der Waals surface area contributed by atoms with Gasteiger partial charge in [-0.05, 0) is 62.6 Å². The fraction of sp³-hybridized carbons (Fsp3) is 0.478. The molecule has 1 fully saturated rings. The van der Waals surface area contributed by atoms with Gasteiger partial charge in [-0.3, -0.25) is 0 Å². The molecule has 0 radical (unpaired) electrons. The van der Waals surface area contributed by atoms with Gasteiger partial charge in [0, 0.05) is 13.2 Å². The molecule has 1 heterocycles. The molecule has 134 valence electrons. The van der Waals surface area contributed by atoms with Gasteiger partial charge in [0.2, 0.25) is 0 Å². The van der Waals surface area contributed by atoms with Crippen LogP contribution in [0.1, 0.15) is 44.2 Å². The first-order valence-electron chi connectivity index (χ1n) is 9.50. The van der Waals surface area contributed by atoms with E-state index in [1.807, 2.05) is 0 Å². The Morgan fingerprint density at radius 1 is 0.920 bits per heavy atom. The van der Waals surface area contributed by atoms with Crippen LogP contribution >= 0.6 is 0 Å². The molecule has 0 spiro atoms. The first-order valence-corrected chi connectivity index (χ1v) is 9.50. The first-order chi connectivity index (χ1) is 12.1. The van der Waals surface area contributed by atoms with Crippen molar-refractivity contribution in [1.82, 2.24) is 5.32 Å². The van der Waals surface area contributed by atoms with E-state index in [2.05, 4.69) is 79.8 Å². The first kappa shape index (κ1) is 18.2. The number of rotatable bonds is 7. The van der Waals surface area contributed by atoms with Crippen LogP contribution in [0.2, 0.25) is 0 Å². The second-order valence-corrected chi connectivity index (χ2v) is 8.11. The van der Waals surface area contributed by atoms with Gasteiger partial charge in [0.05, 0.1) is 5.60 Å². The topological polar surface area (TPSA) is 21.3 Å². The molecule has 1 saturated heterocycles. The van der Waals surface area contributed by atoms with Gasteiger partial charge < -0.3 is 10.1 Å². The maximum absolute atomic E-state index is 6.01. The molecule has 2 aromatic carbocycles. The molecular formula is C23H31NO. The molecule has 2 heteroatoms. The SMILES string of the molecule is CC1(C)C[C@](CCNCc2ccccc2)(Cc2ccccc2)CCO1. The molecule has 1 aliphatic rings. The van der Waals surface area contributed by atoms with Crippen LogP contribution in [0.25, 0.3) is 0 Å². The minimum Gasteiger partial charge on any atom is -0.376 e. The number of hydrogen-bond acceptors (Lipinski definition) is 2. The van der Waals surface area contributed by atoms with Gasteiger partial charge in [0.15, 0.2) is 0 Å². The normalized spacial score (nSPS) is 22.6. The van der Waals surface area contributed by atoms with Crippen LogP contribution in [0.3, 0.4) is 0 Å². The molecule has 0 aliphatic carbocycles. The zero-order valence-electron chi connectivity index (χ0n) is 15.6. The van der Waals surface area contributed by atoms with Crippen molar-refractivity contribution in [3.05, 3.63) is 71.8 Å². The van der Waals surface area contributed by atoms with Crippen molar-refractivity contribution in [3.63, 3.8) is 0 Å². The molecule has 1 aliphatic heterocycles. The van der Waals surface area contributed by atoms with Gasteiger partial charge in [-0.25, -0.2) is 0 Å². The maximum Gasteiger partial charge on any atom is 0.0631 e. The molecule has 25 heavy (non-hydrogen) atoms. The molecule has 1 N–H and O–H groups in total. The zero-order chi connectivity index (χ0) is 17.6. The van der Waals surface area contributed by atoms with E-state index in [1.165, 1.54) is 17.5 Å². The van der Waals surface area contributed by atoms with E-state index in [9.17, 15) is 0 Å². The lowest BCUT2D eigenvalue weighted by molar-refractivity contribution is -0.107. The summed E-state index contributed by atoms with van der Waals surface area (Å²) in [6, 6.07) is 21.6. The lowest BCUT2D eigenvalue weighted by atomic mass is 9.68. The molecule has 0 bridgehead atoms. The van der Waals surface area contributed by atoms with Crippen LogP contribution in [-0.2, 0) is 17.7 Å². The highest BCUT2D eigenvalue weighted by Crippen LogP contribution is 2.43. The van der Waals surface area contributed by atoms with E-state index in [-0.39, 0.29) is 5.60 Å². The van der Waals surface area contributed by atoms with Crippen molar-refractivity contribution in [2.24, 2.45) is 5.41 Å². The predicted octanol–water partition coefficient (Wildman–Crippen LogP) is 4.98. The quantitative estimate of drug-likeness (QED) is 0.719. The molecule has 3 rings (SSSR count). The number of benzene rings is 2. The number of ether oxygens (including phenoxy) is 1. The van der Waals surface area contributed by atoms with Crippen molar-refractivity contribution < 1.29 is 4.74 Å². The molecule has 2 aromatic rings. The van der Waals surface area contributed by atoms with Crippen molar-refractivity contribution in [2.45, 2.75) is 51.7 Å². The van der Waals surface area contributed by atoms with Crippen molar-refractivity contribution in [2.75, 3.05) is 13.2 Å². The largest absolute Gasteiger partial charge is 0.376 e. The Balaban J connectivity index is 1.62. The lowest BCUT2D eigenvalue weighted by Crippen LogP contribution is -2.43. The molecule has 0 amide bonds. The monoisotopic (exact) mass is 337 g/mol. The lowest BCUT2D eigenvalue weighted by Gasteiger charge is -2.45. The van der Waals surface area contributed by atoms with Crippen molar-refractivity contribution in [3.8, 4) is 0 Å². The summed E-state index contributed by atoms with van der Waals surface area (Å²) >= 11 is 0. The summed E-state index contributed by atoms with van der Waals surface area (Å²) < 4.78 is 6.01. The van der Waals surface area contributed by atoms with E-state index >= 15 is 0 Å². The number of hydrogen-bond donors (Lipinski definition) is 1. The van der Waals surface area contributed by atoms with E-state index < -0.39 is 0 Å². The zero-order valence-corrected chi connectivity index (χ0v) is 15.6. The Labute approximate surface area is 152 Å². The third kappa shape index (κ3) is 5.42. The highest BCUT2D eigenvalue weighted by atomic mass is 16.5. The molecule has 0 unspecified atom stereocenters. The van der Waals surface area contributed by atoms with Crippen LogP contribution in [0.15, 0.2) is 60.7 Å². The molecular weight excluding hydrogens is 306 g/mol. The van der Waals surface area contributed by atoms with Gasteiger partial charge in [-0.1, -0.05) is 60.7 Å². The Bertz CT molecular complexity index is 638. The van der Waals surface area contributed by atoms with Gasteiger partial charge >= 0.3 is 0 Å². The summed E-state index contributed by atoms with van der Waals surface area (Å²) in [6.45, 7) is 7.35. The van der Waals surface area contributed by atoms with E-state index in [4.69, 9.17) is 4.74 Å². The molecule has 2 nitrogen and oxygen atoms in total. The van der Waals surface area contributed by atoms with Crippen LogP contribution in [-0.4, -0.2) is 18.8 Å². The minimum atomic E-state index is -0.0214.